The average Bonchev–Trinajstić information content (AvgIpc) is 3.34. The first-order valence-electron chi connectivity index (χ1n) is 8.19. The van der Waals surface area contributed by atoms with Gasteiger partial charge in [0.2, 0.25) is 5.88 Å². The van der Waals surface area contributed by atoms with Crippen molar-refractivity contribution in [1.29, 1.82) is 0 Å². The smallest absolute Gasteiger partial charge is 0.321 e. The minimum Gasteiger partial charge on any atom is -0.467 e. The van der Waals surface area contributed by atoms with Gasteiger partial charge in [-0.15, -0.1) is 11.3 Å². The zero-order valence-electron chi connectivity index (χ0n) is 13.8. The molecule has 2 N–H and O–H groups in total. The molecule has 0 atom stereocenters. The lowest BCUT2D eigenvalue weighted by Crippen LogP contribution is -2.41. The fraction of sp³-hybridized carbons (Fsp3) is 0.294. The van der Waals surface area contributed by atoms with Crippen LogP contribution in [0.5, 0.6) is 5.88 Å². The fourth-order valence-electron chi connectivity index (χ4n) is 2.93. The molecular formula is C17H16N4O4S. The number of thiophene rings is 1. The van der Waals surface area contributed by atoms with Gasteiger partial charge in [-0.25, -0.2) is 14.8 Å². The Balaban J connectivity index is 1.34. The Kier molecular flexibility index (Phi) is 4.53. The largest absolute Gasteiger partial charge is 0.467 e. The minimum absolute atomic E-state index is 0.195. The molecule has 3 amide bonds. The van der Waals surface area contributed by atoms with Crippen LogP contribution in [-0.4, -0.2) is 28.5 Å². The van der Waals surface area contributed by atoms with Crippen molar-refractivity contribution in [1.82, 2.24) is 20.6 Å². The number of aryl methyl sites for hydroxylation is 2. The minimum atomic E-state index is -0.612. The third-order valence-electron chi connectivity index (χ3n) is 4.06. The molecule has 0 aromatic carbocycles. The van der Waals surface area contributed by atoms with Gasteiger partial charge in [0.1, 0.15) is 16.9 Å². The Bertz CT molecular complexity index is 951. The van der Waals surface area contributed by atoms with Crippen molar-refractivity contribution in [3.05, 3.63) is 40.9 Å². The van der Waals surface area contributed by atoms with Crippen LogP contribution in [0.3, 0.4) is 0 Å². The number of nitrogens with zero attached hydrogens (tertiary/aromatic N) is 2. The normalized spacial score (nSPS) is 12.8. The molecule has 0 radical (unpaired) electrons. The van der Waals surface area contributed by atoms with Crippen LogP contribution in [0, 0.1) is 0 Å². The predicted molar refractivity (Wildman–Crippen MR) is 94.0 cm³/mol. The van der Waals surface area contributed by atoms with E-state index in [2.05, 4.69) is 20.6 Å². The van der Waals surface area contributed by atoms with Crippen LogP contribution in [0.1, 0.15) is 22.6 Å². The lowest BCUT2D eigenvalue weighted by molar-refractivity contribution is -0.122. The van der Waals surface area contributed by atoms with Gasteiger partial charge in [-0.1, -0.05) is 0 Å². The van der Waals surface area contributed by atoms with Crippen molar-refractivity contribution in [3.63, 3.8) is 0 Å². The zero-order valence-corrected chi connectivity index (χ0v) is 14.6. The van der Waals surface area contributed by atoms with Gasteiger partial charge in [-0.3, -0.25) is 10.1 Å². The fourth-order valence-corrected chi connectivity index (χ4v) is 4.15. The maximum atomic E-state index is 11.9. The van der Waals surface area contributed by atoms with Crippen LogP contribution in [0.15, 0.2) is 29.1 Å². The van der Waals surface area contributed by atoms with Crippen molar-refractivity contribution >= 4 is 33.5 Å². The first-order valence-corrected chi connectivity index (χ1v) is 9.00. The van der Waals surface area contributed by atoms with Crippen LogP contribution in [-0.2, 0) is 24.2 Å². The van der Waals surface area contributed by atoms with Gasteiger partial charge in [0.25, 0.3) is 5.91 Å². The van der Waals surface area contributed by atoms with Crippen LogP contribution in [0.4, 0.5) is 4.79 Å². The van der Waals surface area contributed by atoms with Crippen LogP contribution in [0.2, 0.25) is 0 Å². The Hall–Kier alpha value is -2.94. The third-order valence-corrected chi connectivity index (χ3v) is 5.26. The lowest BCUT2D eigenvalue weighted by Gasteiger charge is -2.08. The van der Waals surface area contributed by atoms with Crippen molar-refractivity contribution in [2.24, 2.45) is 0 Å². The number of rotatable bonds is 5. The summed E-state index contributed by atoms with van der Waals surface area (Å²) in [5.74, 6) is 0.430. The molecule has 3 aromatic rings. The third kappa shape index (κ3) is 3.38. The average molecular weight is 372 g/mol. The number of carbonyl (C=O) groups excluding carboxylic acids is 2. The maximum Gasteiger partial charge on any atom is 0.321 e. The molecule has 0 fully saturated rings. The highest BCUT2D eigenvalue weighted by Gasteiger charge is 2.22. The molecule has 3 aromatic heterocycles. The van der Waals surface area contributed by atoms with Crippen molar-refractivity contribution in [2.45, 2.75) is 25.8 Å². The molecule has 0 saturated carbocycles. The Morgan fingerprint density at radius 1 is 1.31 bits per heavy atom. The van der Waals surface area contributed by atoms with E-state index in [0.29, 0.717) is 11.6 Å². The van der Waals surface area contributed by atoms with Gasteiger partial charge >= 0.3 is 6.03 Å². The number of nitrogens with one attached hydrogen (secondary N) is 2. The van der Waals surface area contributed by atoms with E-state index in [1.165, 1.54) is 23.0 Å². The molecule has 1 aliphatic carbocycles. The van der Waals surface area contributed by atoms with Crippen molar-refractivity contribution in [2.75, 3.05) is 6.61 Å². The summed E-state index contributed by atoms with van der Waals surface area (Å²) in [6, 6.07) is 2.84. The molecule has 9 heteroatoms. The number of furan rings is 1. The summed E-state index contributed by atoms with van der Waals surface area (Å²) in [5, 5.41) is 5.63. The summed E-state index contributed by atoms with van der Waals surface area (Å²) in [6.45, 7) is -0.106. The van der Waals surface area contributed by atoms with Crippen molar-refractivity contribution < 1.29 is 18.7 Å². The van der Waals surface area contributed by atoms with E-state index in [1.807, 2.05) is 0 Å². The van der Waals surface area contributed by atoms with E-state index >= 15 is 0 Å². The number of imide groups is 1. The Labute approximate surface area is 152 Å². The summed E-state index contributed by atoms with van der Waals surface area (Å²) < 4.78 is 10.7. The molecule has 0 aliphatic heterocycles. The number of fused-ring (bicyclic) bond motifs is 3. The topological polar surface area (TPSA) is 106 Å². The van der Waals surface area contributed by atoms with E-state index in [1.54, 1.807) is 23.5 Å². The summed E-state index contributed by atoms with van der Waals surface area (Å²) >= 11 is 1.65. The number of hydrogen-bond acceptors (Lipinski definition) is 7. The summed E-state index contributed by atoms with van der Waals surface area (Å²) in [6.07, 6.45) is 6.07. The summed E-state index contributed by atoms with van der Waals surface area (Å²) in [7, 11) is 0. The van der Waals surface area contributed by atoms with E-state index in [0.717, 1.165) is 29.5 Å². The molecule has 0 saturated heterocycles. The second-order valence-electron chi connectivity index (χ2n) is 5.82. The highest BCUT2D eigenvalue weighted by molar-refractivity contribution is 7.18. The van der Waals surface area contributed by atoms with Gasteiger partial charge in [0.05, 0.1) is 18.2 Å². The second kappa shape index (κ2) is 7.12. The number of carbonyl (C=O) groups is 2. The number of amides is 3. The molecule has 4 rings (SSSR count). The molecule has 8 nitrogen and oxygen atoms in total. The highest BCUT2D eigenvalue weighted by Crippen LogP contribution is 2.39. The Morgan fingerprint density at radius 3 is 3.08 bits per heavy atom. The number of ether oxygens (including phenoxy) is 1. The second-order valence-corrected chi connectivity index (χ2v) is 6.90. The van der Waals surface area contributed by atoms with Gasteiger partial charge in [0, 0.05) is 4.88 Å². The molecule has 0 bridgehead atoms. The van der Waals surface area contributed by atoms with Crippen LogP contribution in [0.25, 0.3) is 10.2 Å². The standard InChI is InChI=1S/C17H16N4O4S/c22-13(21-17(23)18-7-10-3-2-6-24-10)8-25-15-14-11-4-1-5-12(11)26-16(14)20-9-19-15/h2-3,6,9H,1,4-5,7-8H2,(H2,18,21,22,23). The molecule has 26 heavy (non-hydrogen) atoms. The molecule has 3 heterocycles. The van der Waals surface area contributed by atoms with Gasteiger partial charge in [-0.2, -0.15) is 0 Å². The molecular weight excluding hydrogens is 356 g/mol. The van der Waals surface area contributed by atoms with E-state index in [-0.39, 0.29) is 13.2 Å². The van der Waals surface area contributed by atoms with Gasteiger partial charge in [0.15, 0.2) is 6.61 Å². The molecule has 0 unspecified atom stereocenters. The van der Waals surface area contributed by atoms with E-state index in [4.69, 9.17) is 9.15 Å². The number of urea groups is 1. The summed E-state index contributed by atoms with van der Waals surface area (Å²) in [5.41, 5.74) is 1.22. The van der Waals surface area contributed by atoms with E-state index in [9.17, 15) is 9.59 Å². The predicted octanol–water partition coefficient (Wildman–Crippen LogP) is 2.18. The van der Waals surface area contributed by atoms with Crippen molar-refractivity contribution in [3.8, 4) is 5.88 Å². The SMILES string of the molecule is O=C(COc1ncnc2sc3c(c12)CCC3)NC(=O)NCc1ccco1. The molecule has 0 spiro atoms. The van der Waals surface area contributed by atoms with Crippen LogP contribution >= 0.6 is 11.3 Å². The van der Waals surface area contributed by atoms with Gasteiger partial charge < -0.3 is 14.5 Å². The monoisotopic (exact) mass is 372 g/mol. The summed E-state index contributed by atoms with van der Waals surface area (Å²) in [4.78, 5) is 34.3. The number of aromatic nitrogens is 2. The quantitative estimate of drug-likeness (QED) is 0.711. The zero-order chi connectivity index (χ0) is 17.9. The molecule has 134 valence electrons. The van der Waals surface area contributed by atoms with Crippen LogP contribution < -0.4 is 15.4 Å². The highest BCUT2D eigenvalue weighted by atomic mass is 32.1. The van der Waals surface area contributed by atoms with Gasteiger partial charge in [-0.05, 0) is 37.0 Å². The van der Waals surface area contributed by atoms with E-state index < -0.39 is 11.9 Å². The number of hydrogen-bond donors (Lipinski definition) is 2. The lowest BCUT2D eigenvalue weighted by atomic mass is 10.2. The first-order chi connectivity index (χ1) is 12.7. The Morgan fingerprint density at radius 2 is 2.23 bits per heavy atom. The first kappa shape index (κ1) is 16.5. The molecule has 1 aliphatic rings. The maximum absolute atomic E-state index is 11.9.